The summed E-state index contributed by atoms with van der Waals surface area (Å²) in [7, 11) is 4.09. The van der Waals surface area contributed by atoms with Crippen LogP contribution in [0.5, 0.6) is 5.75 Å². The predicted octanol–water partition coefficient (Wildman–Crippen LogP) is 4.42. The number of fused-ring (bicyclic) bond motifs is 1. The summed E-state index contributed by atoms with van der Waals surface area (Å²) in [6, 6.07) is 12.4. The van der Waals surface area contributed by atoms with Gasteiger partial charge in [-0.2, -0.15) is 0 Å². The lowest BCUT2D eigenvalue weighted by Gasteiger charge is -2.35. The van der Waals surface area contributed by atoms with Gasteiger partial charge in [-0.15, -0.1) is 0 Å². The maximum absolute atomic E-state index is 11.3. The average molecular weight is 329 g/mol. The number of hydrogen-bond donors (Lipinski definition) is 1. The van der Waals surface area contributed by atoms with Crippen LogP contribution in [0.25, 0.3) is 10.8 Å². The number of nitrogens with zero attached hydrogens (tertiary/aromatic N) is 1. The van der Waals surface area contributed by atoms with Gasteiger partial charge in [0, 0.05) is 12.5 Å². The molecule has 0 aliphatic rings. The van der Waals surface area contributed by atoms with E-state index in [2.05, 4.69) is 49.1 Å². The predicted molar refractivity (Wildman–Crippen MR) is 102 cm³/mol. The second kappa shape index (κ2) is 7.54. The van der Waals surface area contributed by atoms with Gasteiger partial charge in [-0.25, -0.2) is 0 Å². The standard InChI is InChI=1S/C21H31NO2/c1-7-21(23,16(4)14-22(5)6)19-10-8-18-13-20(24-15(2)3)11-9-17(18)12-19/h8-13,15-16,23H,7,14H2,1-6H3. The first-order valence-corrected chi connectivity index (χ1v) is 8.84. The molecule has 2 aromatic carbocycles. The molecule has 0 radical (unpaired) electrons. The molecule has 2 aromatic rings. The van der Waals surface area contributed by atoms with Crippen LogP contribution in [-0.4, -0.2) is 36.8 Å². The summed E-state index contributed by atoms with van der Waals surface area (Å²) in [4.78, 5) is 2.13. The molecular weight excluding hydrogens is 298 g/mol. The van der Waals surface area contributed by atoms with Gasteiger partial charge in [-0.05, 0) is 68.9 Å². The van der Waals surface area contributed by atoms with E-state index in [1.165, 1.54) is 0 Å². The third-order valence-electron chi connectivity index (χ3n) is 4.68. The Morgan fingerprint density at radius 3 is 2.25 bits per heavy atom. The van der Waals surface area contributed by atoms with Gasteiger partial charge in [-0.1, -0.05) is 32.0 Å². The summed E-state index contributed by atoms with van der Waals surface area (Å²) >= 11 is 0. The highest BCUT2D eigenvalue weighted by molar-refractivity contribution is 5.84. The van der Waals surface area contributed by atoms with Crippen LogP contribution in [0.1, 0.15) is 39.7 Å². The Morgan fingerprint density at radius 1 is 1.04 bits per heavy atom. The van der Waals surface area contributed by atoms with Crippen LogP contribution in [0.2, 0.25) is 0 Å². The van der Waals surface area contributed by atoms with E-state index in [1.807, 2.05) is 34.0 Å². The van der Waals surface area contributed by atoms with E-state index in [9.17, 15) is 5.11 Å². The number of hydrogen-bond acceptors (Lipinski definition) is 3. The van der Waals surface area contributed by atoms with Crippen molar-refractivity contribution in [3.63, 3.8) is 0 Å². The van der Waals surface area contributed by atoms with E-state index < -0.39 is 5.60 Å². The molecule has 0 heterocycles. The fraction of sp³-hybridized carbons (Fsp3) is 0.524. The molecule has 0 spiro atoms. The fourth-order valence-electron chi connectivity index (χ4n) is 3.37. The average Bonchev–Trinajstić information content (AvgIpc) is 2.52. The van der Waals surface area contributed by atoms with Crippen molar-refractivity contribution in [3.05, 3.63) is 42.0 Å². The SMILES string of the molecule is CCC(O)(c1ccc2cc(OC(C)C)ccc2c1)C(C)CN(C)C. The van der Waals surface area contributed by atoms with Gasteiger partial charge < -0.3 is 14.7 Å². The molecule has 0 saturated heterocycles. The van der Waals surface area contributed by atoms with Gasteiger partial charge >= 0.3 is 0 Å². The fourth-order valence-corrected chi connectivity index (χ4v) is 3.37. The molecule has 0 fully saturated rings. The van der Waals surface area contributed by atoms with Crippen LogP contribution < -0.4 is 4.74 Å². The topological polar surface area (TPSA) is 32.7 Å². The van der Waals surface area contributed by atoms with Crippen LogP contribution in [0.3, 0.4) is 0 Å². The minimum Gasteiger partial charge on any atom is -0.491 e. The van der Waals surface area contributed by atoms with Gasteiger partial charge in [0.1, 0.15) is 5.75 Å². The first-order chi connectivity index (χ1) is 11.3. The number of aliphatic hydroxyl groups is 1. The molecule has 24 heavy (non-hydrogen) atoms. The Balaban J connectivity index is 2.38. The Labute approximate surface area is 146 Å². The zero-order chi connectivity index (χ0) is 17.9. The first kappa shape index (κ1) is 18.8. The van der Waals surface area contributed by atoms with Crippen molar-refractivity contribution in [2.75, 3.05) is 20.6 Å². The molecule has 0 aliphatic carbocycles. The molecule has 0 amide bonds. The Morgan fingerprint density at radius 2 is 1.67 bits per heavy atom. The van der Waals surface area contributed by atoms with E-state index >= 15 is 0 Å². The second-order valence-corrected chi connectivity index (χ2v) is 7.33. The third-order valence-corrected chi connectivity index (χ3v) is 4.68. The van der Waals surface area contributed by atoms with Crippen molar-refractivity contribution in [1.82, 2.24) is 4.90 Å². The van der Waals surface area contributed by atoms with E-state index in [0.717, 1.165) is 28.6 Å². The summed E-state index contributed by atoms with van der Waals surface area (Å²) < 4.78 is 5.77. The first-order valence-electron chi connectivity index (χ1n) is 8.84. The van der Waals surface area contributed by atoms with Gasteiger partial charge in [0.25, 0.3) is 0 Å². The van der Waals surface area contributed by atoms with Gasteiger partial charge in [0.15, 0.2) is 0 Å². The van der Waals surface area contributed by atoms with Crippen LogP contribution in [-0.2, 0) is 5.60 Å². The summed E-state index contributed by atoms with van der Waals surface area (Å²) in [6.07, 6.45) is 0.862. The Hall–Kier alpha value is -1.58. The van der Waals surface area contributed by atoms with E-state index in [1.54, 1.807) is 0 Å². The van der Waals surface area contributed by atoms with Crippen molar-refractivity contribution in [1.29, 1.82) is 0 Å². The lowest BCUT2D eigenvalue weighted by atomic mass is 9.79. The molecule has 2 unspecified atom stereocenters. The number of benzene rings is 2. The van der Waals surface area contributed by atoms with Crippen molar-refractivity contribution >= 4 is 10.8 Å². The minimum absolute atomic E-state index is 0.151. The summed E-state index contributed by atoms with van der Waals surface area (Å²) in [5.41, 5.74) is 0.176. The molecular formula is C21H31NO2. The molecule has 3 nitrogen and oxygen atoms in total. The number of rotatable bonds is 7. The minimum atomic E-state index is -0.814. The van der Waals surface area contributed by atoms with E-state index in [-0.39, 0.29) is 12.0 Å². The van der Waals surface area contributed by atoms with Crippen molar-refractivity contribution in [2.45, 2.75) is 45.8 Å². The van der Waals surface area contributed by atoms with Crippen molar-refractivity contribution in [2.24, 2.45) is 5.92 Å². The zero-order valence-electron chi connectivity index (χ0n) is 15.8. The number of ether oxygens (including phenoxy) is 1. The maximum atomic E-state index is 11.3. The Kier molecular flexibility index (Phi) is 5.89. The lowest BCUT2D eigenvalue weighted by Crippen LogP contribution is -2.38. The molecule has 2 atom stereocenters. The molecule has 132 valence electrons. The second-order valence-electron chi connectivity index (χ2n) is 7.33. The Bertz CT molecular complexity index is 681. The molecule has 3 heteroatoms. The van der Waals surface area contributed by atoms with Crippen LogP contribution in [0.15, 0.2) is 36.4 Å². The quantitative estimate of drug-likeness (QED) is 0.816. The third kappa shape index (κ3) is 4.08. The lowest BCUT2D eigenvalue weighted by molar-refractivity contribution is -0.0290. The summed E-state index contributed by atoms with van der Waals surface area (Å²) in [6.45, 7) is 9.08. The van der Waals surface area contributed by atoms with Gasteiger partial charge in [-0.3, -0.25) is 0 Å². The van der Waals surface area contributed by atoms with E-state index in [0.29, 0.717) is 6.42 Å². The highest BCUT2D eigenvalue weighted by atomic mass is 16.5. The van der Waals surface area contributed by atoms with Crippen molar-refractivity contribution < 1.29 is 9.84 Å². The summed E-state index contributed by atoms with van der Waals surface area (Å²) in [5.74, 6) is 1.04. The van der Waals surface area contributed by atoms with Crippen LogP contribution >= 0.6 is 0 Å². The van der Waals surface area contributed by atoms with Crippen molar-refractivity contribution in [3.8, 4) is 5.75 Å². The van der Waals surface area contributed by atoms with Crippen LogP contribution in [0.4, 0.5) is 0 Å². The highest BCUT2D eigenvalue weighted by Gasteiger charge is 2.34. The summed E-state index contributed by atoms with van der Waals surface area (Å²) in [5, 5.41) is 13.6. The van der Waals surface area contributed by atoms with Gasteiger partial charge in [0.2, 0.25) is 0 Å². The smallest absolute Gasteiger partial charge is 0.120 e. The van der Waals surface area contributed by atoms with E-state index in [4.69, 9.17) is 4.74 Å². The maximum Gasteiger partial charge on any atom is 0.120 e. The highest BCUT2D eigenvalue weighted by Crippen LogP contribution is 2.35. The molecule has 2 rings (SSSR count). The van der Waals surface area contributed by atoms with Gasteiger partial charge in [0.05, 0.1) is 11.7 Å². The normalized spacial score (nSPS) is 15.7. The monoisotopic (exact) mass is 329 g/mol. The van der Waals surface area contributed by atoms with Crippen LogP contribution in [0, 0.1) is 5.92 Å². The molecule has 0 saturated carbocycles. The molecule has 0 aromatic heterocycles. The largest absolute Gasteiger partial charge is 0.491 e. The molecule has 0 bridgehead atoms. The molecule has 1 N–H and O–H groups in total. The molecule has 0 aliphatic heterocycles. The zero-order valence-corrected chi connectivity index (χ0v) is 15.8.